The second-order valence-electron chi connectivity index (χ2n) is 7.86. The number of hydrogen-bond acceptors (Lipinski definition) is 3. The first-order valence-corrected chi connectivity index (χ1v) is 12.2. The number of amides is 1. The van der Waals surface area contributed by atoms with Gasteiger partial charge in [-0.1, -0.05) is 54.6 Å². The number of anilines is 1. The van der Waals surface area contributed by atoms with Crippen LogP contribution in [0.3, 0.4) is 0 Å². The third-order valence-corrected chi connectivity index (χ3v) is 6.84. The van der Waals surface area contributed by atoms with Gasteiger partial charge in [-0.2, -0.15) is 13.2 Å². The van der Waals surface area contributed by atoms with Crippen molar-refractivity contribution in [3.8, 4) is 0 Å². The van der Waals surface area contributed by atoms with Gasteiger partial charge < -0.3 is 5.32 Å². The van der Waals surface area contributed by atoms with Crippen molar-refractivity contribution in [1.82, 2.24) is 5.32 Å². The van der Waals surface area contributed by atoms with Gasteiger partial charge in [0, 0.05) is 17.8 Å². The van der Waals surface area contributed by atoms with E-state index in [4.69, 9.17) is 0 Å². The molecule has 4 rings (SSSR count). The van der Waals surface area contributed by atoms with Gasteiger partial charge in [0.15, 0.2) is 0 Å². The molecule has 0 heterocycles. The van der Waals surface area contributed by atoms with Gasteiger partial charge in [0.1, 0.15) is 0 Å². The Morgan fingerprint density at radius 3 is 2.17 bits per heavy atom. The molecule has 0 aliphatic carbocycles. The molecule has 9 heteroatoms. The van der Waals surface area contributed by atoms with Crippen LogP contribution in [0.1, 0.15) is 21.5 Å². The summed E-state index contributed by atoms with van der Waals surface area (Å²) in [7, 11) is -4.44. The molecule has 2 N–H and O–H groups in total. The van der Waals surface area contributed by atoms with Crippen LogP contribution in [0.15, 0.2) is 95.9 Å². The fourth-order valence-electron chi connectivity index (χ4n) is 3.64. The summed E-state index contributed by atoms with van der Waals surface area (Å²) in [4.78, 5) is 11.6. The number of hydrogen-bond donors (Lipinski definition) is 2. The highest BCUT2D eigenvalue weighted by Crippen LogP contribution is 2.34. The van der Waals surface area contributed by atoms with E-state index in [1.165, 1.54) is 18.2 Å². The highest BCUT2D eigenvalue weighted by Gasteiger charge is 2.36. The van der Waals surface area contributed by atoms with E-state index < -0.39 is 26.7 Å². The number of sulfonamides is 1. The predicted octanol–water partition coefficient (Wildman–Crippen LogP) is 5.63. The van der Waals surface area contributed by atoms with Crippen molar-refractivity contribution in [3.63, 3.8) is 0 Å². The Hall–Kier alpha value is -3.85. The zero-order valence-corrected chi connectivity index (χ0v) is 19.2. The maximum Gasteiger partial charge on any atom is 0.417 e. The normalized spacial score (nSPS) is 11.9. The minimum absolute atomic E-state index is 0.130. The number of benzene rings is 4. The van der Waals surface area contributed by atoms with E-state index in [-0.39, 0.29) is 11.6 Å². The Balaban J connectivity index is 1.36. The third kappa shape index (κ3) is 5.81. The molecule has 5 nitrogen and oxygen atoms in total. The van der Waals surface area contributed by atoms with Gasteiger partial charge in [0.2, 0.25) is 0 Å². The van der Waals surface area contributed by atoms with Crippen LogP contribution in [-0.2, 0) is 22.6 Å². The van der Waals surface area contributed by atoms with Gasteiger partial charge in [-0.25, -0.2) is 8.42 Å². The van der Waals surface area contributed by atoms with Crippen LogP contribution in [0.2, 0.25) is 0 Å². The summed E-state index contributed by atoms with van der Waals surface area (Å²) >= 11 is 0. The van der Waals surface area contributed by atoms with Crippen molar-refractivity contribution >= 4 is 32.4 Å². The number of fused-ring (bicyclic) bond motifs is 1. The molecule has 0 bridgehead atoms. The Morgan fingerprint density at radius 1 is 0.800 bits per heavy atom. The van der Waals surface area contributed by atoms with E-state index in [0.29, 0.717) is 18.5 Å². The van der Waals surface area contributed by atoms with Crippen LogP contribution in [0, 0.1) is 0 Å². The first-order chi connectivity index (χ1) is 16.6. The lowest BCUT2D eigenvalue weighted by molar-refractivity contribution is -0.139. The van der Waals surface area contributed by atoms with Crippen molar-refractivity contribution in [2.45, 2.75) is 17.5 Å². The minimum Gasteiger partial charge on any atom is -0.352 e. The van der Waals surface area contributed by atoms with Crippen molar-refractivity contribution < 1.29 is 26.4 Å². The summed E-state index contributed by atoms with van der Waals surface area (Å²) < 4.78 is 66.9. The molecule has 0 fully saturated rings. The molecule has 35 heavy (non-hydrogen) atoms. The van der Waals surface area contributed by atoms with Gasteiger partial charge in [-0.05, 0) is 59.2 Å². The Morgan fingerprint density at radius 2 is 1.46 bits per heavy atom. The second kappa shape index (κ2) is 9.79. The van der Waals surface area contributed by atoms with Gasteiger partial charge in [-0.15, -0.1) is 0 Å². The van der Waals surface area contributed by atoms with Crippen molar-refractivity contribution in [3.05, 3.63) is 108 Å². The van der Waals surface area contributed by atoms with Crippen LogP contribution in [0.4, 0.5) is 18.9 Å². The zero-order valence-electron chi connectivity index (χ0n) is 18.3. The average molecular weight is 499 g/mol. The van der Waals surface area contributed by atoms with E-state index in [0.717, 1.165) is 34.5 Å². The van der Waals surface area contributed by atoms with Gasteiger partial charge >= 0.3 is 6.18 Å². The molecule has 180 valence electrons. The van der Waals surface area contributed by atoms with Crippen molar-refractivity contribution in [2.24, 2.45) is 0 Å². The lowest BCUT2D eigenvalue weighted by Crippen LogP contribution is -2.25. The van der Waals surface area contributed by atoms with Crippen molar-refractivity contribution in [2.75, 3.05) is 11.3 Å². The largest absolute Gasteiger partial charge is 0.417 e. The first kappa shape index (κ1) is 24.3. The van der Waals surface area contributed by atoms with E-state index in [1.807, 2.05) is 36.4 Å². The topological polar surface area (TPSA) is 75.3 Å². The maximum absolute atomic E-state index is 13.2. The number of nitrogens with one attached hydrogen (secondary N) is 2. The summed E-state index contributed by atoms with van der Waals surface area (Å²) in [5.41, 5.74) is 0.271. The van der Waals surface area contributed by atoms with Crippen LogP contribution >= 0.6 is 0 Å². The zero-order chi connectivity index (χ0) is 25.1. The highest BCUT2D eigenvalue weighted by molar-refractivity contribution is 7.92. The quantitative estimate of drug-likeness (QED) is 0.347. The maximum atomic E-state index is 13.2. The molecule has 4 aromatic carbocycles. The fourth-order valence-corrected chi connectivity index (χ4v) is 4.93. The number of alkyl halides is 3. The molecule has 0 aromatic heterocycles. The van der Waals surface area contributed by atoms with Crippen LogP contribution in [0.5, 0.6) is 0 Å². The summed E-state index contributed by atoms with van der Waals surface area (Å²) in [5, 5.41) is 4.86. The summed E-state index contributed by atoms with van der Waals surface area (Å²) in [6.45, 7) is 0.357. The van der Waals surface area contributed by atoms with Gasteiger partial charge in [-0.3, -0.25) is 9.52 Å². The number of carbonyl (C=O) groups excluding carboxylic acids is 1. The number of rotatable bonds is 7. The first-order valence-electron chi connectivity index (χ1n) is 10.7. The lowest BCUT2D eigenvalue weighted by atomic mass is 10.1. The summed E-state index contributed by atoms with van der Waals surface area (Å²) in [6.07, 6.45) is -4.31. The second-order valence-corrected chi connectivity index (χ2v) is 9.51. The molecular weight excluding hydrogens is 477 g/mol. The molecule has 0 aliphatic rings. The standard InChI is InChI=1S/C26H21F3N2O3S/c27-26(28,29)23-7-3-4-8-24(23)35(33,34)31-22-13-9-18(10-14-22)15-16-30-25(32)21-12-11-19-5-1-2-6-20(19)17-21/h1-14,17,31H,15-16H2,(H,30,32). The molecule has 0 saturated heterocycles. The average Bonchev–Trinajstić information content (AvgIpc) is 2.84. The van der Waals surface area contributed by atoms with Crippen molar-refractivity contribution in [1.29, 1.82) is 0 Å². The summed E-state index contributed by atoms with van der Waals surface area (Å²) in [5.74, 6) is -0.205. The molecule has 0 atom stereocenters. The van der Waals surface area contributed by atoms with E-state index in [2.05, 4.69) is 10.0 Å². The van der Waals surface area contributed by atoms with Crippen LogP contribution in [0.25, 0.3) is 10.8 Å². The highest BCUT2D eigenvalue weighted by atomic mass is 32.2. The van der Waals surface area contributed by atoms with Gasteiger partial charge in [0.25, 0.3) is 15.9 Å². The van der Waals surface area contributed by atoms with Crippen LogP contribution in [-0.4, -0.2) is 20.9 Å². The SMILES string of the molecule is O=C(NCCc1ccc(NS(=O)(=O)c2ccccc2C(F)(F)F)cc1)c1ccc2ccccc2c1. The Kier molecular flexibility index (Phi) is 6.79. The minimum atomic E-state index is -4.80. The Bertz CT molecular complexity index is 1470. The monoisotopic (exact) mass is 498 g/mol. The van der Waals surface area contributed by atoms with E-state index >= 15 is 0 Å². The summed E-state index contributed by atoms with van der Waals surface area (Å²) in [6, 6.07) is 23.4. The molecule has 1 amide bonds. The van der Waals surface area contributed by atoms with E-state index in [1.54, 1.807) is 18.2 Å². The molecule has 0 unspecified atom stereocenters. The third-order valence-electron chi connectivity index (χ3n) is 5.40. The smallest absolute Gasteiger partial charge is 0.352 e. The number of halogens is 3. The number of carbonyl (C=O) groups is 1. The molecule has 0 spiro atoms. The Labute approximate surface area is 200 Å². The molecule has 0 radical (unpaired) electrons. The molecule has 4 aromatic rings. The molecular formula is C26H21F3N2O3S. The fraction of sp³-hybridized carbons (Fsp3) is 0.115. The van der Waals surface area contributed by atoms with Gasteiger partial charge in [0.05, 0.1) is 10.5 Å². The lowest BCUT2D eigenvalue weighted by Gasteiger charge is -2.14. The molecule has 0 saturated carbocycles. The van der Waals surface area contributed by atoms with Crippen LogP contribution < -0.4 is 10.0 Å². The predicted molar refractivity (Wildman–Crippen MR) is 129 cm³/mol. The van der Waals surface area contributed by atoms with E-state index in [9.17, 15) is 26.4 Å². The molecule has 0 aliphatic heterocycles.